The number of benzene rings is 1. The van der Waals surface area contributed by atoms with Crippen molar-refractivity contribution in [3.8, 4) is 6.07 Å². The molecule has 1 aromatic carbocycles. The van der Waals surface area contributed by atoms with Crippen molar-refractivity contribution in [2.45, 2.75) is 12.3 Å². The largest absolute Gasteiger partial charge is 0.373 e. The third-order valence-corrected chi connectivity index (χ3v) is 2.41. The van der Waals surface area contributed by atoms with Crippen LogP contribution in [0.15, 0.2) is 18.2 Å². The average Bonchev–Trinajstić information content (AvgIpc) is 2.24. The lowest BCUT2D eigenvalue weighted by Gasteiger charge is -2.18. The summed E-state index contributed by atoms with van der Waals surface area (Å²) < 4.78 is 13.1. The molecule has 0 aliphatic rings. The smallest absolute Gasteiger partial charge is 0.125 e. The Morgan fingerprint density at radius 1 is 1.47 bits per heavy atom. The van der Waals surface area contributed by atoms with Gasteiger partial charge in [-0.1, -0.05) is 0 Å². The highest BCUT2D eigenvalue weighted by atomic mass is 35.5. The first-order valence-corrected chi connectivity index (χ1v) is 5.14. The second-order valence-corrected chi connectivity index (χ2v) is 3.55. The van der Waals surface area contributed by atoms with Crippen LogP contribution in [0.4, 0.5) is 10.1 Å². The van der Waals surface area contributed by atoms with E-state index in [2.05, 4.69) is 6.07 Å². The molecule has 15 heavy (non-hydrogen) atoms. The average molecular weight is 227 g/mol. The Bertz CT molecular complexity index is 373. The van der Waals surface area contributed by atoms with Crippen molar-refractivity contribution in [2.75, 3.05) is 18.5 Å². The summed E-state index contributed by atoms with van der Waals surface area (Å²) in [6, 6.07) is 6.73. The van der Waals surface area contributed by atoms with Crippen LogP contribution in [0, 0.1) is 17.1 Å². The first-order chi connectivity index (χ1) is 7.17. The number of hydrogen-bond donors (Lipinski definition) is 0. The van der Waals surface area contributed by atoms with Crippen molar-refractivity contribution in [3.63, 3.8) is 0 Å². The van der Waals surface area contributed by atoms with Crippen LogP contribution in [-0.2, 0) is 5.88 Å². The zero-order valence-corrected chi connectivity index (χ0v) is 9.26. The summed E-state index contributed by atoms with van der Waals surface area (Å²) in [5.41, 5.74) is 1.50. The Labute approximate surface area is 93.9 Å². The molecule has 0 aromatic heterocycles. The van der Waals surface area contributed by atoms with Crippen LogP contribution in [0.25, 0.3) is 0 Å². The maximum absolute atomic E-state index is 13.1. The molecule has 0 atom stereocenters. The van der Waals surface area contributed by atoms with E-state index >= 15 is 0 Å². The predicted molar refractivity (Wildman–Crippen MR) is 59.5 cm³/mol. The van der Waals surface area contributed by atoms with Crippen molar-refractivity contribution in [3.05, 3.63) is 29.6 Å². The molecule has 0 saturated carbocycles. The highest BCUT2D eigenvalue weighted by molar-refractivity contribution is 6.17. The lowest BCUT2D eigenvalue weighted by Crippen LogP contribution is -2.18. The van der Waals surface area contributed by atoms with Gasteiger partial charge in [-0.15, -0.1) is 11.6 Å². The van der Waals surface area contributed by atoms with Gasteiger partial charge in [0.05, 0.1) is 12.5 Å². The zero-order valence-electron chi connectivity index (χ0n) is 8.50. The van der Waals surface area contributed by atoms with Gasteiger partial charge in [-0.05, 0) is 23.8 Å². The number of anilines is 1. The minimum absolute atomic E-state index is 0.289. The SMILES string of the molecule is CN(CCC#N)c1cc(F)cc(CCl)c1. The summed E-state index contributed by atoms with van der Waals surface area (Å²) in [4.78, 5) is 1.84. The van der Waals surface area contributed by atoms with Gasteiger partial charge < -0.3 is 4.90 Å². The lowest BCUT2D eigenvalue weighted by atomic mass is 10.2. The summed E-state index contributed by atoms with van der Waals surface area (Å²) in [5, 5.41) is 8.45. The molecule has 1 rings (SSSR count). The van der Waals surface area contributed by atoms with E-state index in [0.717, 1.165) is 11.3 Å². The van der Waals surface area contributed by atoms with E-state index in [1.807, 2.05) is 18.0 Å². The first-order valence-electron chi connectivity index (χ1n) is 4.61. The molecule has 0 N–H and O–H groups in total. The second kappa shape index (κ2) is 5.57. The van der Waals surface area contributed by atoms with Gasteiger partial charge in [0.25, 0.3) is 0 Å². The molecule has 0 saturated heterocycles. The summed E-state index contributed by atoms with van der Waals surface area (Å²) in [5.74, 6) is -0.0106. The highest BCUT2D eigenvalue weighted by Crippen LogP contribution is 2.18. The third-order valence-electron chi connectivity index (χ3n) is 2.10. The molecule has 2 nitrogen and oxygen atoms in total. The van der Waals surface area contributed by atoms with E-state index in [1.54, 1.807) is 0 Å². The Kier molecular flexibility index (Phi) is 4.38. The highest BCUT2D eigenvalue weighted by Gasteiger charge is 2.04. The Hall–Kier alpha value is -1.27. The number of alkyl halides is 1. The summed E-state index contributed by atoms with van der Waals surface area (Å²) in [6.07, 6.45) is 0.420. The Morgan fingerprint density at radius 2 is 2.20 bits per heavy atom. The molecule has 0 unspecified atom stereocenters. The molecule has 1 aromatic rings. The Morgan fingerprint density at radius 3 is 2.80 bits per heavy atom. The van der Waals surface area contributed by atoms with Gasteiger partial charge in [-0.3, -0.25) is 0 Å². The van der Waals surface area contributed by atoms with Crippen molar-refractivity contribution in [1.82, 2.24) is 0 Å². The van der Waals surface area contributed by atoms with E-state index in [-0.39, 0.29) is 11.7 Å². The van der Waals surface area contributed by atoms with E-state index in [4.69, 9.17) is 16.9 Å². The summed E-state index contributed by atoms with van der Waals surface area (Å²) >= 11 is 5.64. The van der Waals surface area contributed by atoms with Crippen LogP contribution in [0.2, 0.25) is 0 Å². The third kappa shape index (κ3) is 3.41. The molecule has 0 bridgehead atoms. The Balaban J connectivity index is 2.84. The fraction of sp³-hybridized carbons (Fsp3) is 0.364. The standard InChI is InChI=1S/C11H12ClFN2/c1-15(4-2-3-14)11-6-9(8-12)5-10(13)7-11/h5-7H,2,4,8H2,1H3. The van der Waals surface area contributed by atoms with Crippen molar-refractivity contribution >= 4 is 17.3 Å². The minimum Gasteiger partial charge on any atom is -0.373 e. The molecule has 0 aliphatic carbocycles. The minimum atomic E-state index is -0.299. The van der Waals surface area contributed by atoms with Gasteiger partial charge in [0.15, 0.2) is 0 Å². The maximum Gasteiger partial charge on any atom is 0.125 e. The van der Waals surface area contributed by atoms with E-state index in [1.165, 1.54) is 12.1 Å². The predicted octanol–water partition coefficient (Wildman–Crippen LogP) is 2.91. The topological polar surface area (TPSA) is 27.0 Å². The van der Waals surface area contributed by atoms with Crippen LogP contribution in [0.5, 0.6) is 0 Å². The van der Waals surface area contributed by atoms with Gasteiger partial charge in [-0.2, -0.15) is 5.26 Å². The maximum atomic E-state index is 13.1. The second-order valence-electron chi connectivity index (χ2n) is 3.28. The zero-order chi connectivity index (χ0) is 11.3. The number of halogens is 2. The molecule has 4 heteroatoms. The molecule has 0 heterocycles. The van der Waals surface area contributed by atoms with Crippen LogP contribution in [0.1, 0.15) is 12.0 Å². The quantitative estimate of drug-likeness (QED) is 0.739. The lowest BCUT2D eigenvalue weighted by molar-refractivity contribution is 0.625. The van der Waals surface area contributed by atoms with Gasteiger partial charge in [0.1, 0.15) is 5.82 Å². The van der Waals surface area contributed by atoms with Crippen LogP contribution in [-0.4, -0.2) is 13.6 Å². The van der Waals surface area contributed by atoms with Gasteiger partial charge in [0.2, 0.25) is 0 Å². The van der Waals surface area contributed by atoms with Crippen molar-refractivity contribution < 1.29 is 4.39 Å². The van der Waals surface area contributed by atoms with E-state index in [0.29, 0.717) is 13.0 Å². The summed E-state index contributed by atoms with van der Waals surface area (Å²) in [7, 11) is 1.82. The normalized spacial score (nSPS) is 9.73. The van der Waals surface area contributed by atoms with Gasteiger partial charge in [-0.25, -0.2) is 4.39 Å². The van der Waals surface area contributed by atoms with Crippen molar-refractivity contribution in [2.24, 2.45) is 0 Å². The fourth-order valence-corrected chi connectivity index (χ4v) is 1.43. The van der Waals surface area contributed by atoms with Crippen LogP contribution < -0.4 is 4.90 Å². The fourth-order valence-electron chi connectivity index (χ4n) is 1.28. The molecule has 0 amide bonds. The number of rotatable bonds is 4. The molecule has 0 aliphatic heterocycles. The van der Waals surface area contributed by atoms with E-state index < -0.39 is 0 Å². The molecule has 0 fully saturated rings. The van der Waals surface area contributed by atoms with E-state index in [9.17, 15) is 4.39 Å². The molecular formula is C11H12ClFN2. The monoisotopic (exact) mass is 226 g/mol. The van der Waals surface area contributed by atoms with Crippen LogP contribution in [0.3, 0.4) is 0 Å². The number of hydrogen-bond acceptors (Lipinski definition) is 2. The van der Waals surface area contributed by atoms with Crippen LogP contribution >= 0.6 is 11.6 Å². The number of nitriles is 1. The number of nitrogens with zero attached hydrogens (tertiary/aromatic N) is 2. The molecule has 0 radical (unpaired) electrons. The molecule has 0 spiro atoms. The molecule has 80 valence electrons. The van der Waals surface area contributed by atoms with Gasteiger partial charge >= 0.3 is 0 Å². The molecular weight excluding hydrogens is 215 g/mol. The first kappa shape index (κ1) is 11.8. The van der Waals surface area contributed by atoms with Crippen molar-refractivity contribution in [1.29, 1.82) is 5.26 Å². The van der Waals surface area contributed by atoms with Gasteiger partial charge in [0, 0.05) is 25.2 Å². The summed E-state index contributed by atoms with van der Waals surface area (Å²) in [6.45, 7) is 0.585.